The van der Waals surface area contributed by atoms with Crippen LogP contribution >= 0.6 is 0 Å². The van der Waals surface area contributed by atoms with Gasteiger partial charge in [0.15, 0.2) is 0 Å². The summed E-state index contributed by atoms with van der Waals surface area (Å²) < 4.78 is 13.7. The van der Waals surface area contributed by atoms with E-state index in [1.165, 1.54) is 23.3 Å². The van der Waals surface area contributed by atoms with Crippen molar-refractivity contribution in [3.8, 4) is 22.4 Å². The molecule has 2 N–H and O–H groups in total. The molecule has 4 aromatic rings. The Morgan fingerprint density at radius 3 is 2.41 bits per heavy atom. The van der Waals surface area contributed by atoms with E-state index in [1.807, 2.05) is 26.1 Å². The number of fused-ring (bicyclic) bond motifs is 1. The van der Waals surface area contributed by atoms with Crippen LogP contribution in [-0.4, -0.2) is 17.1 Å². The molecule has 0 amide bonds. The lowest BCUT2D eigenvalue weighted by atomic mass is 9.95. The van der Waals surface area contributed by atoms with E-state index in [2.05, 4.69) is 41.7 Å². The van der Waals surface area contributed by atoms with Crippen molar-refractivity contribution in [1.29, 1.82) is 0 Å². The van der Waals surface area contributed by atoms with Crippen LogP contribution in [0.4, 0.5) is 4.39 Å². The highest BCUT2D eigenvalue weighted by atomic mass is 19.1. The molecule has 4 rings (SSSR count). The zero-order chi connectivity index (χ0) is 20.4. The Balaban J connectivity index is 1.80. The van der Waals surface area contributed by atoms with Crippen LogP contribution in [0.5, 0.6) is 0 Å². The molecule has 4 heteroatoms. The predicted molar refractivity (Wildman–Crippen MR) is 116 cm³/mol. The van der Waals surface area contributed by atoms with E-state index < -0.39 is 0 Å². The molecule has 3 nitrogen and oxygen atoms in total. The molecule has 0 fully saturated rings. The first-order valence-electron chi connectivity index (χ1n) is 9.65. The predicted octanol–water partition coefficient (Wildman–Crippen LogP) is 5.23. The van der Waals surface area contributed by atoms with Gasteiger partial charge in [0.25, 0.3) is 0 Å². The molecule has 1 heterocycles. The van der Waals surface area contributed by atoms with Gasteiger partial charge in [-0.1, -0.05) is 48.5 Å². The molecule has 1 aromatic heterocycles. The van der Waals surface area contributed by atoms with Crippen molar-refractivity contribution in [3.63, 3.8) is 0 Å². The Labute approximate surface area is 169 Å². The molecule has 0 saturated carbocycles. The average Bonchev–Trinajstić information content (AvgIpc) is 2.74. The van der Waals surface area contributed by atoms with Crippen molar-refractivity contribution >= 4 is 10.9 Å². The van der Waals surface area contributed by atoms with Crippen LogP contribution < -0.4 is 5.32 Å². The maximum atomic E-state index is 13.7. The highest BCUT2D eigenvalue weighted by Gasteiger charge is 2.14. The standard InChI is InChI=1S/C25H23FN2O/c1-16-23(15-29)22-13-20(26)11-12-24(22)28-25(16)18-9-7-17(8-10-18)21-6-4-3-5-19(21)14-27-2/h3-13,27,29H,14-15H2,1-2H3. The first-order valence-corrected chi connectivity index (χ1v) is 9.65. The van der Waals surface area contributed by atoms with E-state index in [1.54, 1.807) is 6.07 Å². The summed E-state index contributed by atoms with van der Waals surface area (Å²) in [6.07, 6.45) is 0. The van der Waals surface area contributed by atoms with Crippen LogP contribution in [-0.2, 0) is 13.2 Å². The summed E-state index contributed by atoms with van der Waals surface area (Å²) >= 11 is 0. The molecule has 29 heavy (non-hydrogen) atoms. The van der Waals surface area contributed by atoms with E-state index >= 15 is 0 Å². The smallest absolute Gasteiger partial charge is 0.123 e. The summed E-state index contributed by atoms with van der Waals surface area (Å²) in [5.41, 5.74) is 7.63. The largest absolute Gasteiger partial charge is 0.392 e. The molecular weight excluding hydrogens is 363 g/mol. The summed E-state index contributed by atoms with van der Waals surface area (Å²) in [5.74, 6) is -0.328. The average molecular weight is 386 g/mol. The van der Waals surface area contributed by atoms with Crippen LogP contribution in [0.15, 0.2) is 66.7 Å². The van der Waals surface area contributed by atoms with Crippen molar-refractivity contribution in [1.82, 2.24) is 10.3 Å². The van der Waals surface area contributed by atoms with Gasteiger partial charge in [-0.2, -0.15) is 0 Å². The number of hydrogen-bond acceptors (Lipinski definition) is 3. The Kier molecular flexibility index (Phi) is 5.38. The van der Waals surface area contributed by atoms with Gasteiger partial charge in [0.2, 0.25) is 0 Å². The fraction of sp³-hybridized carbons (Fsp3) is 0.160. The Morgan fingerprint density at radius 2 is 1.69 bits per heavy atom. The van der Waals surface area contributed by atoms with Gasteiger partial charge >= 0.3 is 0 Å². The van der Waals surface area contributed by atoms with Crippen molar-refractivity contribution in [3.05, 3.63) is 89.2 Å². The molecule has 0 atom stereocenters. The summed E-state index contributed by atoms with van der Waals surface area (Å²) in [5, 5.41) is 13.8. The monoisotopic (exact) mass is 386 g/mol. The minimum atomic E-state index is -0.328. The van der Waals surface area contributed by atoms with Crippen molar-refractivity contribution in [2.24, 2.45) is 0 Å². The van der Waals surface area contributed by atoms with Crippen LogP contribution in [0.1, 0.15) is 16.7 Å². The third-order valence-electron chi connectivity index (χ3n) is 5.34. The van der Waals surface area contributed by atoms with E-state index in [0.717, 1.165) is 28.9 Å². The lowest BCUT2D eigenvalue weighted by Crippen LogP contribution is -2.06. The molecule has 0 aliphatic carbocycles. The number of aliphatic hydroxyl groups excluding tert-OH is 1. The lowest BCUT2D eigenvalue weighted by molar-refractivity contribution is 0.282. The van der Waals surface area contributed by atoms with Gasteiger partial charge in [0, 0.05) is 17.5 Å². The minimum Gasteiger partial charge on any atom is -0.392 e. The summed E-state index contributed by atoms with van der Waals surface area (Å²) in [7, 11) is 1.94. The number of hydrogen-bond donors (Lipinski definition) is 2. The molecule has 0 spiro atoms. The summed E-state index contributed by atoms with van der Waals surface area (Å²) in [6.45, 7) is 2.57. The number of rotatable bonds is 5. The maximum absolute atomic E-state index is 13.7. The molecule has 0 saturated heterocycles. The third-order valence-corrected chi connectivity index (χ3v) is 5.34. The Bertz CT molecular complexity index is 1170. The normalized spacial score (nSPS) is 11.2. The minimum absolute atomic E-state index is 0.156. The molecule has 0 aliphatic rings. The highest BCUT2D eigenvalue weighted by Crippen LogP contribution is 2.32. The fourth-order valence-electron chi connectivity index (χ4n) is 3.84. The van der Waals surface area contributed by atoms with Crippen molar-refractivity contribution < 1.29 is 9.50 Å². The Hall–Kier alpha value is -3.08. The first kappa shape index (κ1) is 19.2. The fourth-order valence-corrected chi connectivity index (χ4v) is 3.84. The zero-order valence-electron chi connectivity index (χ0n) is 16.5. The molecule has 0 aliphatic heterocycles. The number of pyridine rings is 1. The second-order valence-electron chi connectivity index (χ2n) is 7.15. The molecule has 3 aromatic carbocycles. The third kappa shape index (κ3) is 3.65. The van der Waals surface area contributed by atoms with Gasteiger partial charge in [0.1, 0.15) is 5.82 Å². The van der Waals surface area contributed by atoms with E-state index in [-0.39, 0.29) is 12.4 Å². The quantitative estimate of drug-likeness (QED) is 0.494. The van der Waals surface area contributed by atoms with Crippen molar-refractivity contribution in [2.45, 2.75) is 20.1 Å². The second kappa shape index (κ2) is 8.11. The summed E-state index contributed by atoms with van der Waals surface area (Å²) in [4.78, 5) is 4.76. The topological polar surface area (TPSA) is 45.2 Å². The van der Waals surface area contributed by atoms with E-state index in [9.17, 15) is 9.50 Å². The van der Waals surface area contributed by atoms with Crippen LogP contribution in [0.25, 0.3) is 33.3 Å². The number of aromatic nitrogens is 1. The number of nitrogens with one attached hydrogen (secondary N) is 1. The van der Waals surface area contributed by atoms with Gasteiger partial charge in [-0.15, -0.1) is 0 Å². The van der Waals surface area contributed by atoms with Gasteiger partial charge < -0.3 is 10.4 Å². The molecular formula is C25H23FN2O. The molecule has 0 unspecified atom stereocenters. The maximum Gasteiger partial charge on any atom is 0.123 e. The van der Waals surface area contributed by atoms with Gasteiger partial charge in [-0.25, -0.2) is 9.37 Å². The number of halogens is 1. The van der Waals surface area contributed by atoms with Crippen LogP contribution in [0.3, 0.4) is 0 Å². The summed E-state index contributed by atoms with van der Waals surface area (Å²) in [6, 6.07) is 21.1. The Morgan fingerprint density at radius 1 is 0.966 bits per heavy atom. The van der Waals surface area contributed by atoms with Gasteiger partial charge in [0.05, 0.1) is 17.8 Å². The molecule has 0 radical (unpaired) electrons. The second-order valence-corrected chi connectivity index (χ2v) is 7.15. The van der Waals surface area contributed by atoms with Crippen LogP contribution in [0.2, 0.25) is 0 Å². The number of aliphatic hydroxyl groups is 1. The number of benzene rings is 3. The van der Waals surface area contributed by atoms with Gasteiger partial charge in [-0.05, 0) is 60.0 Å². The number of nitrogens with zero attached hydrogens (tertiary/aromatic N) is 1. The molecule has 0 bridgehead atoms. The first-order chi connectivity index (χ1) is 14.1. The van der Waals surface area contributed by atoms with Crippen LogP contribution in [0, 0.1) is 12.7 Å². The SMILES string of the molecule is CNCc1ccccc1-c1ccc(-c2nc3ccc(F)cc3c(CO)c2C)cc1. The lowest BCUT2D eigenvalue weighted by Gasteiger charge is -2.14. The van der Waals surface area contributed by atoms with Gasteiger partial charge in [-0.3, -0.25) is 0 Å². The van der Waals surface area contributed by atoms with E-state index in [0.29, 0.717) is 16.5 Å². The highest BCUT2D eigenvalue weighted by molar-refractivity contribution is 5.87. The molecule has 146 valence electrons. The van der Waals surface area contributed by atoms with Crippen molar-refractivity contribution in [2.75, 3.05) is 7.05 Å². The van der Waals surface area contributed by atoms with E-state index in [4.69, 9.17) is 4.98 Å². The zero-order valence-corrected chi connectivity index (χ0v) is 16.5.